The van der Waals surface area contributed by atoms with E-state index in [0.29, 0.717) is 11.4 Å². The van der Waals surface area contributed by atoms with E-state index < -0.39 is 23.3 Å². The van der Waals surface area contributed by atoms with Gasteiger partial charge in [-0.1, -0.05) is 18.2 Å². The highest BCUT2D eigenvalue weighted by Crippen LogP contribution is 2.40. The number of para-hydroxylation sites is 1. The maximum absolute atomic E-state index is 14.5. The molecule has 4 aromatic rings. The summed E-state index contributed by atoms with van der Waals surface area (Å²) in [5, 5.41) is 30.6. The number of ether oxygens (including phenoxy) is 1. The number of phenols is 1. The third-order valence-electron chi connectivity index (χ3n) is 5.49. The first-order valence-electron chi connectivity index (χ1n) is 10.5. The first-order chi connectivity index (χ1) is 16.7. The van der Waals surface area contributed by atoms with Gasteiger partial charge in [0.2, 0.25) is 0 Å². The molecule has 3 N–H and O–H groups in total. The normalized spacial score (nSPS) is 11.2. The summed E-state index contributed by atoms with van der Waals surface area (Å²) in [5.74, 6) is -1.22. The largest absolute Gasteiger partial charge is 0.511 e. The van der Waals surface area contributed by atoms with Crippen LogP contribution >= 0.6 is 0 Å². The molecule has 0 fully saturated rings. The second-order valence-corrected chi connectivity index (χ2v) is 7.88. The Bertz CT molecular complexity index is 1540. The second-order valence-electron chi connectivity index (χ2n) is 7.88. The molecular weight excluding hydrogens is 455 g/mol. The van der Waals surface area contributed by atoms with E-state index in [0.717, 1.165) is 29.3 Å². The average molecular weight is 476 g/mol. The standard InChI is InChI=1S/C25H21FN4O5/c1-13-7-8-16(11-14(13)2)30-24(32)22(15(3)29-30)28-27-21-6-4-5-18(23(21)31)19-12-17(35-25(33)34)9-10-20(19)26/h4-12,29,31H,1-3H3,(H,33,34). The van der Waals surface area contributed by atoms with Crippen molar-refractivity contribution >= 4 is 17.5 Å². The number of halogens is 1. The van der Waals surface area contributed by atoms with Crippen LogP contribution in [-0.4, -0.2) is 26.1 Å². The Labute approximate surface area is 198 Å². The van der Waals surface area contributed by atoms with Crippen LogP contribution in [0, 0.1) is 26.6 Å². The van der Waals surface area contributed by atoms with Crippen molar-refractivity contribution in [2.75, 3.05) is 0 Å². The Morgan fingerprint density at radius 2 is 1.77 bits per heavy atom. The maximum Gasteiger partial charge on any atom is 0.511 e. The van der Waals surface area contributed by atoms with Gasteiger partial charge in [-0.3, -0.25) is 9.89 Å². The van der Waals surface area contributed by atoms with E-state index in [4.69, 9.17) is 5.11 Å². The van der Waals surface area contributed by atoms with Gasteiger partial charge in [0.1, 0.15) is 17.3 Å². The van der Waals surface area contributed by atoms with Crippen molar-refractivity contribution in [1.29, 1.82) is 0 Å². The molecule has 1 heterocycles. The number of hydrogen-bond acceptors (Lipinski definition) is 6. The van der Waals surface area contributed by atoms with Gasteiger partial charge in [0.15, 0.2) is 11.4 Å². The molecule has 0 bridgehead atoms. The number of aromatic nitrogens is 2. The van der Waals surface area contributed by atoms with Gasteiger partial charge in [-0.15, -0.1) is 10.2 Å². The molecule has 0 saturated heterocycles. The third kappa shape index (κ3) is 4.67. The maximum atomic E-state index is 14.5. The zero-order valence-corrected chi connectivity index (χ0v) is 19.0. The van der Waals surface area contributed by atoms with Gasteiger partial charge in [-0.25, -0.2) is 13.9 Å². The molecule has 10 heteroatoms. The van der Waals surface area contributed by atoms with Crippen molar-refractivity contribution in [3.63, 3.8) is 0 Å². The molecule has 0 amide bonds. The molecule has 0 aliphatic heterocycles. The molecule has 0 spiro atoms. The number of benzene rings is 3. The van der Waals surface area contributed by atoms with Gasteiger partial charge in [0.25, 0.3) is 5.56 Å². The summed E-state index contributed by atoms with van der Waals surface area (Å²) in [6, 6.07) is 13.3. The van der Waals surface area contributed by atoms with Crippen molar-refractivity contribution in [2.24, 2.45) is 10.2 Å². The van der Waals surface area contributed by atoms with Crippen molar-refractivity contribution in [2.45, 2.75) is 20.8 Å². The lowest BCUT2D eigenvalue weighted by Crippen LogP contribution is -2.14. The van der Waals surface area contributed by atoms with E-state index in [2.05, 4.69) is 20.1 Å². The van der Waals surface area contributed by atoms with Gasteiger partial charge in [-0.2, -0.15) is 0 Å². The Morgan fingerprint density at radius 1 is 1.00 bits per heavy atom. The van der Waals surface area contributed by atoms with E-state index >= 15 is 0 Å². The summed E-state index contributed by atoms with van der Waals surface area (Å²) >= 11 is 0. The number of rotatable bonds is 5. The van der Waals surface area contributed by atoms with Crippen molar-refractivity contribution in [1.82, 2.24) is 9.78 Å². The van der Waals surface area contributed by atoms with E-state index in [1.54, 1.807) is 6.92 Å². The molecule has 178 valence electrons. The number of carbonyl (C=O) groups is 1. The number of nitrogens with zero attached hydrogens (tertiary/aromatic N) is 3. The van der Waals surface area contributed by atoms with Crippen LogP contribution < -0.4 is 10.3 Å². The Kier molecular flexibility index (Phi) is 6.20. The summed E-state index contributed by atoms with van der Waals surface area (Å²) < 4.78 is 20.4. The average Bonchev–Trinajstić information content (AvgIpc) is 3.09. The van der Waals surface area contributed by atoms with Crippen LogP contribution in [0.3, 0.4) is 0 Å². The summed E-state index contributed by atoms with van der Waals surface area (Å²) in [4.78, 5) is 23.8. The summed E-state index contributed by atoms with van der Waals surface area (Å²) in [5.41, 5.74) is 2.81. The highest BCUT2D eigenvalue weighted by atomic mass is 19.1. The SMILES string of the molecule is Cc1ccc(-n2[nH]c(C)c(N=Nc3cccc(-c4cc(OC(=O)O)ccc4F)c3O)c2=O)cc1C. The number of aromatic hydroxyl groups is 1. The number of aromatic amines is 1. The smallest absolute Gasteiger partial charge is 0.505 e. The zero-order chi connectivity index (χ0) is 25.3. The van der Waals surface area contributed by atoms with Gasteiger partial charge in [-0.05, 0) is 68.3 Å². The van der Waals surface area contributed by atoms with E-state index in [9.17, 15) is 19.1 Å². The molecular formula is C25H21FN4O5. The molecule has 0 saturated carbocycles. The summed E-state index contributed by atoms with van der Waals surface area (Å²) in [6.07, 6.45) is -1.55. The van der Waals surface area contributed by atoms with Crippen LogP contribution in [0.5, 0.6) is 11.5 Å². The van der Waals surface area contributed by atoms with E-state index in [-0.39, 0.29) is 28.3 Å². The fourth-order valence-electron chi connectivity index (χ4n) is 3.51. The highest BCUT2D eigenvalue weighted by molar-refractivity contribution is 5.78. The molecule has 3 aromatic carbocycles. The molecule has 9 nitrogen and oxygen atoms in total. The van der Waals surface area contributed by atoms with Gasteiger partial charge < -0.3 is 14.9 Å². The van der Waals surface area contributed by atoms with Crippen LogP contribution in [0.15, 0.2) is 69.6 Å². The molecule has 0 radical (unpaired) electrons. The zero-order valence-electron chi connectivity index (χ0n) is 19.0. The number of carboxylic acid groups (broad SMARTS) is 1. The monoisotopic (exact) mass is 476 g/mol. The number of nitrogens with one attached hydrogen (secondary N) is 1. The quantitative estimate of drug-likeness (QED) is 0.183. The molecule has 35 heavy (non-hydrogen) atoms. The molecule has 0 aliphatic rings. The van der Waals surface area contributed by atoms with Crippen LogP contribution in [0.25, 0.3) is 16.8 Å². The minimum Gasteiger partial charge on any atom is -0.505 e. The minimum atomic E-state index is -1.55. The Balaban J connectivity index is 1.71. The molecule has 0 aliphatic carbocycles. The van der Waals surface area contributed by atoms with Gasteiger partial charge in [0, 0.05) is 11.1 Å². The third-order valence-corrected chi connectivity index (χ3v) is 5.49. The molecule has 1 aromatic heterocycles. The van der Waals surface area contributed by atoms with Crippen molar-refractivity contribution in [3.05, 3.63) is 87.6 Å². The van der Waals surface area contributed by atoms with E-state index in [1.165, 1.54) is 22.9 Å². The van der Waals surface area contributed by atoms with Crippen LogP contribution in [0.1, 0.15) is 16.8 Å². The van der Waals surface area contributed by atoms with Crippen LogP contribution in [0.2, 0.25) is 0 Å². The lowest BCUT2D eigenvalue weighted by atomic mass is 10.0. The lowest BCUT2D eigenvalue weighted by Gasteiger charge is -2.09. The lowest BCUT2D eigenvalue weighted by molar-refractivity contribution is 0.144. The number of azo groups is 1. The predicted molar refractivity (Wildman–Crippen MR) is 127 cm³/mol. The second kappa shape index (κ2) is 9.26. The van der Waals surface area contributed by atoms with E-state index in [1.807, 2.05) is 32.0 Å². The number of H-pyrrole nitrogens is 1. The Morgan fingerprint density at radius 3 is 2.49 bits per heavy atom. The first-order valence-corrected chi connectivity index (χ1v) is 10.5. The molecule has 4 rings (SSSR count). The summed E-state index contributed by atoms with van der Waals surface area (Å²) in [6.45, 7) is 5.60. The number of aryl methyl sites for hydroxylation is 3. The minimum absolute atomic E-state index is 0.0100. The van der Waals surface area contributed by atoms with Crippen LogP contribution in [0.4, 0.5) is 20.6 Å². The van der Waals surface area contributed by atoms with Crippen molar-refractivity contribution < 1.29 is 24.1 Å². The molecule has 0 unspecified atom stereocenters. The number of hydrogen-bond donors (Lipinski definition) is 3. The molecule has 0 atom stereocenters. The Hall–Kier alpha value is -4.73. The first kappa shape index (κ1) is 23.4. The fraction of sp³-hybridized carbons (Fsp3) is 0.120. The summed E-state index contributed by atoms with van der Waals surface area (Å²) in [7, 11) is 0. The van der Waals surface area contributed by atoms with Crippen LogP contribution in [-0.2, 0) is 0 Å². The topological polar surface area (TPSA) is 129 Å². The van der Waals surface area contributed by atoms with Gasteiger partial charge in [0.05, 0.1) is 11.4 Å². The van der Waals surface area contributed by atoms with Gasteiger partial charge >= 0.3 is 6.16 Å². The highest BCUT2D eigenvalue weighted by Gasteiger charge is 2.16. The predicted octanol–water partition coefficient (Wildman–Crippen LogP) is 6.07. The fourth-order valence-corrected chi connectivity index (χ4v) is 3.51. The van der Waals surface area contributed by atoms with Crippen molar-refractivity contribution in [3.8, 4) is 28.3 Å². The number of phenolic OH excluding ortho intramolecular Hbond substituents is 1.